The predicted molar refractivity (Wildman–Crippen MR) is 64.2 cm³/mol. The number of carbonyl (C=O) groups is 2. The van der Waals surface area contributed by atoms with Gasteiger partial charge in [0.05, 0.1) is 6.61 Å². The largest absolute Gasteiger partial charge is 0.480 e. The summed E-state index contributed by atoms with van der Waals surface area (Å²) in [5.41, 5.74) is 0. The van der Waals surface area contributed by atoms with Crippen LogP contribution in [-0.2, 0) is 14.3 Å². The number of morpholine rings is 1. The first-order valence-electron chi connectivity index (χ1n) is 6.40. The maximum Gasteiger partial charge on any atom is 0.328 e. The van der Waals surface area contributed by atoms with Gasteiger partial charge in [-0.2, -0.15) is 0 Å². The maximum absolute atomic E-state index is 11.8. The lowest BCUT2D eigenvalue weighted by Gasteiger charge is -2.39. The molecule has 0 aromatic carbocycles. The van der Waals surface area contributed by atoms with Crippen molar-refractivity contribution >= 4 is 11.9 Å². The van der Waals surface area contributed by atoms with Crippen LogP contribution in [0, 0.1) is 0 Å². The van der Waals surface area contributed by atoms with Crippen molar-refractivity contribution in [1.29, 1.82) is 0 Å². The minimum atomic E-state index is -0.985. The normalized spacial score (nSPS) is 30.5. The van der Waals surface area contributed by atoms with Crippen LogP contribution in [0.25, 0.3) is 0 Å². The lowest BCUT2D eigenvalue weighted by atomic mass is 10.0. The van der Waals surface area contributed by atoms with Crippen LogP contribution in [0.15, 0.2) is 0 Å². The first-order chi connectivity index (χ1) is 8.59. The highest BCUT2D eigenvalue weighted by molar-refractivity contribution is 5.85. The number of amides is 1. The van der Waals surface area contributed by atoms with Crippen molar-refractivity contribution in [2.24, 2.45) is 0 Å². The Balaban J connectivity index is 2.03. The highest BCUT2D eigenvalue weighted by Crippen LogP contribution is 2.18. The van der Waals surface area contributed by atoms with E-state index < -0.39 is 12.0 Å². The number of aliphatic carboxylic acids is 1. The molecule has 0 aromatic rings. The van der Waals surface area contributed by atoms with Crippen LogP contribution in [0.3, 0.4) is 0 Å². The molecule has 2 aliphatic rings. The highest BCUT2D eigenvalue weighted by atomic mass is 16.5. The summed E-state index contributed by atoms with van der Waals surface area (Å²) in [7, 11) is 2.03. The van der Waals surface area contributed by atoms with Gasteiger partial charge in [0.2, 0.25) is 5.91 Å². The summed E-state index contributed by atoms with van der Waals surface area (Å²) < 4.78 is 5.02. The zero-order chi connectivity index (χ0) is 13.1. The molecule has 6 heteroatoms. The van der Waals surface area contributed by atoms with Gasteiger partial charge in [-0.05, 0) is 26.4 Å². The molecular weight excluding hydrogens is 236 g/mol. The molecule has 0 aliphatic carbocycles. The number of piperidine rings is 1. The molecule has 0 aromatic heterocycles. The van der Waals surface area contributed by atoms with E-state index in [4.69, 9.17) is 9.84 Å². The Hall–Kier alpha value is -1.14. The van der Waals surface area contributed by atoms with E-state index in [2.05, 4.69) is 4.90 Å². The van der Waals surface area contributed by atoms with E-state index in [1.807, 2.05) is 7.05 Å². The summed E-state index contributed by atoms with van der Waals surface area (Å²) >= 11 is 0. The van der Waals surface area contributed by atoms with E-state index in [1.165, 1.54) is 11.3 Å². The van der Waals surface area contributed by atoms with E-state index in [1.54, 1.807) is 0 Å². The fourth-order valence-electron chi connectivity index (χ4n) is 2.64. The van der Waals surface area contributed by atoms with Crippen LogP contribution in [0.5, 0.6) is 0 Å². The molecule has 2 fully saturated rings. The molecule has 102 valence electrons. The van der Waals surface area contributed by atoms with Gasteiger partial charge in [-0.25, -0.2) is 4.79 Å². The third-order valence-corrected chi connectivity index (χ3v) is 3.81. The number of carboxylic acid groups (broad SMARTS) is 1. The minimum Gasteiger partial charge on any atom is -0.480 e. The lowest BCUT2D eigenvalue weighted by molar-refractivity contribution is -0.163. The number of rotatable bonds is 3. The zero-order valence-corrected chi connectivity index (χ0v) is 10.7. The summed E-state index contributed by atoms with van der Waals surface area (Å²) in [6.07, 6.45) is 3.34. The number of hydrogen-bond acceptors (Lipinski definition) is 4. The first kappa shape index (κ1) is 13.3. The summed E-state index contributed by atoms with van der Waals surface area (Å²) in [6, 6.07) is -0.566. The fraction of sp³-hybridized carbons (Fsp3) is 0.833. The Labute approximate surface area is 106 Å². The molecule has 1 N–H and O–H groups in total. The smallest absolute Gasteiger partial charge is 0.328 e. The molecule has 2 atom stereocenters. The fourth-order valence-corrected chi connectivity index (χ4v) is 2.64. The van der Waals surface area contributed by atoms with Gasteiger partial charge in [0.1, 0.15) is 6.61 Å². The molecule has 1 amide bonds. The van der Waals surface area contributed by atoms with Gasteiger partial charge in [-0.15, -0.1) is 0 Å². The zero-order valence-electron chi connectivity index (χ0n) is 10.7. The van der Waals surface area contributed by atoms with Gasteiger partial charge in [-0.3, -0.25) is 4.79 Å². The van der Waals surface area contributed by atoms with Crippen molar-refractivity contribution in [3.63, 3.8) is 0 Å². The third-order valence-electron chi connectivity index (χ3n) is 3.81. The third kappa shape index (κ3) is 2.81. The van der Waals surface area contributed by atoms with Gasteiger partial charge in [0.25, 0.3) is 0 Å². The second-order valence-electron chi connectivity index (χ2n) is 5.05. The van der Waals surface area contributed by atoms with Crippen molar-refractivity contribution in [2.75, 3.05) is 33.4 Å². The van der Waals surface area contributed by atoms with E-state index in [0.29, 0.717) is 6.54 Å². The highest BCUT2D eigenvalue weighted by Gasteiger charge is 2.36. The maximum atomic E-state index is 11.8. The second-order valence-corrected chi connectivity index (χ2v) is 5.05. The van der Waals surface area contributed by atoms with Crippen molar-refractivity contribution in [3.8, 4) is 0 Å². The average molecular weight is 256 g/mol. The van der Waals surface area contributed by atoms with E-state index in [-0.39, 0.29) is 25.2 Å². The summed E-state index contributed by atoms with van der Waals surface area (Å²) in [5, 5.41) is 9.13. The Morgan fingerprint density at radius 3 is 2.94 bits per heavy atom. The molecule has 0 saturated carbocycles. The molecule has 2 unspecified atom stereocenters. The summed E-state index contributed by atoms with van der Waals surface area (Å²) in [5.74, 6) is -1.20. The SMILES string of the molecule is CN1CCCCC1CN1C(=O)COCC1C(=O)O. The van der Waals surface area contributed by atoms with Crippen molar-refractivity contribution in [2.45, 2.75) is 31.3 Å². The van der Waals surface area contributed by atoms with Crippen molar-refractivity contribution in [3.05, 3.63) is 0 Å². The van der Waals surface area contributed by atoms with Gasteiger partial charge in [0.15, 0.2) is 6.04 Å². The van der Waals surface area contributed by atoms with Crippen molar-refractivity contribution < 1.29 is 19.4 Å². The van der Waals surface area contributed by atoms with Crippen molar-refractivity contribution in [1.82, 2.24) is 9.80 Å². The molecule has 0 bridgehead atoms. The summed E-state index contributed by atoms with van der Waals surface area (Å²) in [6.45, 7) is 1.61. The van der Waals surface area contributed by atoms with Gasteiger partial charge >= 0.3 is 5.97 Å². The Bertz CT molecular complexity index is 334. The standard InChI is InChI=1S/C12H20N2O4/c1-13-5-3-2-4-9(13)6-14-10(12(16)17)7-18-8-11(14)15/h9-10H,2-8H2,1H3,(H,16,17). The molecule has 18 heavy (non-hydrogen) atoms. The topological polar surface area (TPSA) is 70.1 Å². The predicted octanol–water partition coefficient (Wildman–Crippen LogP) is -0.217. The monoisotopic (exact) mass is 256 g/mol. The number of ether oxygens (including phenoxy) is 1. The van der Waals surface area contributed by atoms with Crippen LogP contribution in [0.4, 0.5) is 0 Å². The van der Waals surface area contributed by atoms with E-state index in [9.17, 15) is 9.59 Å². The Morgan fingerprint density at radius 1 is 1.50 bits per heavy atom. The van der Waals surface area contributed by atoms with Gasteiger partial charge in [0, 0.05) is 12.6 Å². The van der Waals surface area contributed by atoms with Crippen LogP contribution in [0.2, 0.25) is 0 Å². The number of hydrogen-bond donors (Lipinski definition) is 1. The number of likely N-dealkylation sites (N-methyl/N-ethyl adjacent to an activating group) is 1. The molecular formula is C12H20N2O4. The minimum absolute atomic E-state index is 0.000213. The first-order valence-corrected chi connectivity index (χ1v) is 6.40. The van der Waals surface area contributed by atoms with Crippen LogP contribution in [-0.4, -0.2) is 72.2 Å². The number of nitrogens with zero attached hydrogens (tertiary/aromatic N) is 2. The van der Waals surface area contributed by atoms with Crippen LogP contribution in [0.1, 0.15) is 19.3 Å². The Kier molecular flexibility index (Phi) is 4.19. The average Bonchev–Trinajstić information content (AvgIpc) is 2.34. The van der Waals surface area contributed by atoms with Crippen LogP contribution < -0.4 is 0 Å². The van der Waals surface area contributed by atoms with Crippen LogP contribution >= 0.6 is 0 Å². The second kappa shape index (κ2) is 5.67. The molecule has 2 saturated heterocycles. The van der Waals surface area contributed by atoms with Gasteiger partial charge in [-0.1, -0.05) is 6.42 Å². The number of likely N-dealkylation sites (tertiary alicyclic amines) is 1. The molecule has 6 nitrogen and oxygen atoms in total. The number of carboxylic acids is 1. The van der Waals surface area contributed by atoms with E-state index >= 15 is 0 Å². The summed E-state index contributed by atoms with van der Waals surface area (Å²) in [4.78, 5) is 26.6. The number of carbonyl (C=O) groups excluding carboxylic acids is 1. The molecule has 2 rings (SSSR count). The molecule has 0 radical (unpaired) electrons. The quantitative estimate of drug-likeness (QED) is 0.756. The molecule has 2 heterocycles. The van der Waals surface area contributed by atoms with E-state index in [0.717, 1.165) is 19.4 Å². The molecule has 0 spiro atoms. The lowest BCUT2D eigenvalue weighted by Crippen LogP contribution is -2.57. The van der Waals surface area contributed by atoms with Gasteiger partial charge < -0.3 is 19.6 Å². The molecule has 2 aliphatic heterocycles. The Morgan fingerprint density at radius 2 is 2.28 bits per heavy atom.